The van der Waals surface area contributed by atoms with Crippen LogP contribution in [0.1, 0.15) is 37.4 Å². The highest BCUT2D eigenvalue weighted by molar-refractivity contribution is 9.10. The lowest BCUT2D eigenvalue weighted by Crippen LogP contribution is -2.19. The van der Waals surface area contributed by atoms with Crippen molar-refractivity contribution in [3.8, 4) is 0 Å². The van der Waals surface area contributed by atoms with Crippen molar-refractivity contribution in [1.82, 2.24) is 5.32 Å². The molecule has 0 aliphatic carbocycles. The zero-order chi connectivity index (χ0) is 15.1. The highest BCUT2D eigenvalue weighted by Crippen LogP contribution is 2.27. The predicted octanol–water partition coefficient (Wildman–Crippen LogP) is 5.80. The average molecular weight is 364 g/mol. The molecule has 2 rings (SSSR count). The summed E-state index contributed by atoms with van der Waals surface area (Å²) in [6.07, 6.45) is 1.17. The summed E-state index contributed by atoms with van der Waals surface area (Å²) in [4.78, 5) is 1.32. The number of rotatable bonds is 7. The van der Waals surface area contributed by atoms with Gasteiger partial charge in [-0.3, -0.25) is 0 Å². The third-order valence-electron chi connectivity index (χ3n) is 3.43. The van der Waals surface area contributed by atoms with Gasteiger partial charge in [0.2, 0.25) is 0 Å². The van der Waals surface area contributed by atoms with Crippen LogP contribution in [0.3, 0.4) is 0 Å². The minimum atomic E-state index is 0.423. The number of hydrogen-bond acceptors (Lipinski definition) is 2. The summed E-state index contributed by atoms with van der Waals surface area (Å²) in [5, 5.41) is 3.52. The van der Waals surface area contributed by atoms with Crippen molar-refractivity contribution in [1.29, 1.82) is 0 Å². The maximum atomic E-state index is 3.60. The van der Waals surface area contributed by atoms with Crippen molar-refractivity contribution in [3.05, 3.63) is 64.1 Å². The second kappa shape index (κ2) is 8.62. The van der Waals surface area contributed by atoms with Gasteiger partial charge in [-0.1, -0.05) is 53.2 Å². The summed E-state index contributed by atoms with van der Waals surface area (Å²) in [6.45, 7) is 5.49. The Balaban J connectivity index is 1.92. The largest absolute Gasteiger partial charge is 0.310 e. The van der Waals surface area contributed by atoms with E-state index in [0.29, 0.717) is 6.04 Å². The van der Waals surface area contributed by atoms with Gasteiger partial charge in [-0.15, -0.1) is 11.8 Å². The Morgan fingerprint density at radius 3 is 2.48 bits per heavy atom. The van der Waals surface area contributed by atoms with Gasteiger partial charge in [-0.2, -0.15) is 0 Å². The molecule has 1 N–H and O–H groups in total. The van der Waals surface area contributed by atoms with Crippen LogP contribution in [0.25, 0.3) is 0 Å². The topological polar surface area (TPSA) is 12.0 Å². The molecule has 0 saturated carbocycles. The maximum Gasteiger partial charge on any atom is 0.0291 e. The molecule has 0 amide bonds. The van der Waals surface area contributed by atoms with Gasteiger partial charge in [0.25, 0.3) is 0 Å². The van der Waals surface area contributed by atoms with Crippen molar-refractivity contribution >= 4 is 27.7 Å². The van der Waals surface area contributed by atoms with E-state index in [9.17, 15) is 0 Å². The third kappa shape index (κ3) is 5.17. The van der Waals surface area contributed by atoms with Crippen molar-refractivity contribution in [2.24, 2.45) is 0 Å². The standard InChI is InChI=1S/C18H22BrNS/c1-3-12-20-14(2)15-8-10-17(11-9-15)21-13-16-6-4-5-7-18(16)19/h4-11,14,20H,3,12-13H2,1-2H3. The van der Waals surface area contributed by atoms with Gasteiger partial charge in [-0.25, -0.2) is 0 Å². The first kappa shape index (κ1) is 16.6. The second-order valence-corrected chi connectivity index (χ2v) is 7.03. The Labute approximate surface area is 140 Å². The van der Waals surface area contributed by atoms with Crippen molar-refractivity contribution < 1.29 is 0 Å². The van der Waals surface area contributed by atoms with E-state index >= 15 is 0 Å². The van der Waals surface area contributed by atoms with E-state index in [-0.39, 0.29) is 0 Å². The van der Waals surface area contributed by atoms with Crippen LogP contribution in [0.2, 0.25) is 0 Å². The first-order chi connectivity index (χ1) is 10.2. The molecule has 2 aromatic carbocycles. The minimum Gasteiger partial charge on any atom is -0.310 e. The molecule has 0 fully saturated rings. The maximum absolute atomic E-state index is 3.60. The molecule has 0 aliphatic rings. The number of benzene rings is 2. The molecule has 1 unspecified atom stereocenters. The van der Waals surface area contributed by atoms with E-state index in [1.54, 1.807) is 0 Å². The Hall–Kier alpha value is -0.770. The lowest BCUT2D eigenvalue weighted by atomic mass is 10.1. The van der Waals surface area contributed by atoms with Gasteiger partial charge in [0.1, 0.15) is 0 Å². The zero-order valence-electron chi connectivity index (χ0n) is 12.6. The summed E-state index contributed by atoms with van der Waals surface area (Å²) in [7, 11) is 0. The molecule has 0 spiro atoms. The lowest BCUT2D eigenvalue weighted by molar-refractivity contribution is 0.570. The lowest BCUT2D eigenvalue weighted by Gasteiger charge is -2.14. The molecule has 0 aliphatic heterocycles. The smallest absolute Gasteiger partial charge is 0.0291 e. The summed E-state index contributed by atoms with van der Waals surface area (Å²) in [6, 6.07) is 17.7. The number of halogens is 1. The van der Waals surface area contributed by atoms with E-state index in [0.717, 1.165) is 12.3 Å². The first-order valence-corrected chi connectivity index (χ1v) is 9.18. The molecule has 1 atom stereocenters. The van der Waals surface area contributed by atoms with Gasteiger partial charge >= 0.3 is 0 Å². The van der Waals surface area contributed by atoms with Gasteiger partial charge in [-0.05, 0) is 49.2 Å². The summed E-state index contributed by atoms with van der Waals surface area (Å²) >= 11 is 5.48. The van der Waals surface area contributed by atoms with Crippen LogP contribution in [0.5, 0.6) is 0 Å². The molecule has 0 radical (unpaired) electrons. The summed E-state index contributed by atoms with van der Waals surface area (Å²) in [5.74, 6) is 0.990. The molecule has 2 aromatic rings. The molecule has 0 saturated heterocycles. The van der Waals surface area contributed by atoms with Crippen LogP contribution >= 0.6 is 27.7 Å². The molecule has 112 valence electrons. The fourth-order valence-corrected chi connectivity index (χ4v) is 3.62. The van der Waals surface area contributed by atoms with Crippen molar-refractivity contribution in [2.75, 3.05) is 6.54 Å². The van der Waals surface area contributed by atoms with Crippen molar-refractivity contribution in [3.63, 3.8) is 0 Å². The highest BCUT2D eigenvalue weighted by atomic mass is 79.9. The Bertz CT molecular complexity index is 553. The minimum absolute atomic E-state index is 0.423. The molecule has 0 aromatic heterocycles. The van der Waals surface area contributed by atoms with E-state index in [1.807, 2.05) is 11.8 Å². The molecule has 21 heavy (non-hydrogen) atoms. The number of thioether (sulfide) groups is 1. The molecule has 0 heterocycles. The van der Waals surface area contributed by atoms with Crippen LogP contribution in [0, 0.1) is 0 Å². The summed E-state index contributed by atoms with van der Waals surface area (Å²) in [5.41, 5.74) is 2.69. The van der Waals surface area contributed by atoms with Gasteiger partial charge in [0.05, 0.1) is 0 Å². The normalized spacial score (nSPS) is 12.3. The first-order valence-electron chi connectivity index (χ1n) is 7.40. The Morgan fingerprint density at radius 1 is 1.10 bits per heavy atom. The quantitative estimate of drug-likeness (QED) is 0.623. The van der Waals surface area contributed by atoms with Gasteiger partial charge < -0.3 is 5.32 Å². The monoisotopic (exact) mass is 363 g/mol. The molecular formula is C18H22BrNS. The average Bonchev–Trinajstić information content (AvgIpc) is 2.52. The SMILES string of the molecule is CCCNC(C)c1ccc(SCc2ccccc2Br)cc1. The molecular weight excluding hydrogens is 342 g/mol. The van der Waals surface area contributed by atoms with E-state index < -0.39 is 0 Å². The summed E-state index contributed by atoms with van der Waals surface area (Å²) < 4.78 is 1.19. The number of nitrogens with one attached hydrogen (secondary N) is 1. The molecule has 3 heteroatoms. The molecule has 1 nitrogen and oxygen atoms in total. The number of hydrogen-bond donors (Lipinski definition) is 1. The van der Waals surface area contributed by atoms with Crippen LogP contribution < -0.4 is 5.32 Å². The van der Waals surface area contributed by atoms with Crippen LogP contribution in [0.15, 0.2) is 57.9 Å². The Kier molecular flexibility index (Phi) is 6.81. The van der Waals surface area contributed by atoms with E-state index in [2.05, 4.69) is 83.6 Å². The second-order valence-electron chi connectivity index (χ2n) is 5.12. The van der Waals surface area contributed by atoms with Gasteiger partial charge in [0.15, 0.2) is 0 Å². The Morgan fingerprint density at radius 2 is 1.81 bits per heavy atom. The zero-order valence-corrected chi connectivity index (χ0v) is 15.0. The van der Waals surface area contributed by atoms with E-state index in [1.165, 1.54) is 26.9 Å². The van der Waals surface area contributed by atoms with Gasteiger partial charge in [0, 0.05) is 21.2 Å². The highest BCUT2D eigenvalue weighted by Gasteiger charge is 2.05. The van der Waals surface area contributed by atoms with E-state index in [4.69, 9.17) is 0 Å². The predicted molar refractivity (Wildman–Crippen MR) is 96.9 cm³/mol. The third-order valence-corrected chi connectivity index (χ3v) is 5.27. The van der Waals surface area contributed by atoms with Crippen LogP contribution in [-0.4, -0.2) is 6.54 Å². The molecule has 0 bridgehead atoms. The van der Waals surface area contributed by atoms with Crippen LogP contribution in [-0.2, 0) is 5.75 Å². The van der Waals surface area contributed by atoms with Crippen LogP contribution in [0.4, 0.5) is 0 Å². The fourth-order valence-electron chi connectivity index (χ4n) is 2.11. The fraction of sp³-hybridized carbons (Fsp3) is 0.333. The van der Waals surface area contributed by atoms with Crippen molar-refractivity contribution in [2.45, 2.75) is 37.0 Å².